The summed E-state index contributed by atoms with van der Waals surface area (Å²) in [5.74, 6) is 0. The van der Waals surface area contributed by atoms with Crippen molar-refractivity contribution >= 4 is 50.4 Å². The first-order valence-electron chi connectivity index (χ1n) is 9.21. The SMILES string of the molecule is CC[n+]1c(C=Cc2c(C)n(C)n3c2nc2ccccc23)sc2ccccc21. The number of hydrogen-bond acceptors (Lipinski definition) is 2. The number of fused-ring (bicyclic) bond motifs is 4. The van der Waals surface area contributed by atoms with Crippen molar-refractivity contribution in [2.45, 2.75) is 20.4 Å². The fourth-order valence-corrected chi connectivity index (χ4v) is 4.96. The van der Waals surface area contributed by atoms with Gasteiger partial charge in [-0.3, -0.25) is 4.68 Å². The Kier molecular flexibility index (Phi) is 3.65. The molecule has 27 heavy (non-hydrogen) atoms. The predicted molar refractivity (Wildman–Crippen MR) is 113 cm³/mol. The Balaban J connectivity index is 1.70. The Hall–Kier alpha value is -2.92. The summed E-state index contributed by atoms with van der Waals surface area (Å²) >= 11 is 1.83. The number of rotatable bonds is 3. The molecule has 0 amide bonds. The van der Waals surface area contributed by atoms with Gasteiger partial charge in [0.2, 0.25) is 5.52 Å². The Morgan fingerprint density at radius 2 is 1.85 bits per heavy atom. The quantitative estimate of drug-likeness (QED) is 0.416. The summed E-state index contributed by atoms with van der Waals surface area (Å²) < 4.78 is 8.07. The molecule has 4 nitrogen and oxygen atoms in total. The maximum atomic E-state index is 4.88. The van der Waals surface area contributed by atoms with Crippen molar-refractivity contribution in [2.75, 3.05) is 0 Å². The minimum atomic E-state index is 0.958. The zero-order valence-corrected chi connectivity index (χ0v) is 16.5. The minimum absolute atomic E-state index is 0.958. The molecule has 0 N–H and O–H groups in total. The second kappa shape index (κ2) is 6.06. The Labute approximate surface area is 161 Å². The van der Waals surface area contributed by atoms with Crippen LogP contribution in [0.2, 0.25) is 0 Å². The molecule has 0 atom stereocenters. The molecule has 0 saturated heterocycles. The van der Waals surface area contributed by atoms with Crippen LogP contribution in [0.15, 0.2) is 48.5 Å². The monoisotopic (exact) mass is 373 g/mol. The minimum Gasteiger partial charge on any atom is -0.286 e. The summed E-state index contributed by atoms with van der Waals surface area (Å²) in [5, 5.41) is 1.26. The van der Waals surface area contributed by atoms with Crippen molar-refractivity contribution in [1.82, 2.24) is 14.2 Å². The van der Waals surface area contributed by atoms with Gasteiger partial charge < -0.3 is 0 Å². The van der Waals surface area contributed by atoms with Gasteiger partial charge in [-0.25, -0.2) is 9.50 Å². The van der Waals surface area contributed by atoms with Crippen LogP contribution in [0.1, 0.15) is 23.2 Å². The molecule has 3 heterocycles. The smallest absolute Gasteiger partial charge is 0.262 e. The van der Waals surface area contributed by atoms with Crippen molar-refractivity contribution < 1.29 is 4.57 Å². The van der Waals surface area contributed by atoms with Crippen LogP contribution >= 0.6 is 11.3 Å². The molecule has 0 unspecified atom stereocenters. The number of imidazole rings is 1. The summed E-state index contributed by atoms with van der Waals surface area (Å²) in [6, 6.07) is 16.9. The third-order valence-corrected chi connectivity index (χ3v) is 6.43. The first-order chi connectivity index (χ1) is 13.2. The van der Waals surface area contributed by atoms with E-state index in [9.17, 15) is 0 Å². The van der Waals surface area contributed by atoms with Crippen LogP contribution in [0, 0.1) is 6.92 Å². The first-order valence-corrected chi connectivity index (χ1v) is 10.0. The number of benzene rings is 2. The van der Waals surface area contributed by atoms with Crippen molar-refractivity contribution in [3.8, 4) is 0 Å². The van der Waals surface area contributed by atoms with Gasteiger partial charge in [-0.05, 0) is 38.1 Å². The molecule has 3 aromatic heterocycles. The van der Waals surface area contributed by atoms with Crippen molar-refractivity contribution in [2.24, 2.45) is 7.05 Å². The van der Waals surface area contributed by atoms with E-state index in [0.717, 1.165) is 23.2 Å². The van der Waals surface area contributed by atoms with Gasteiger partial charge in [0.15, 0.2) is 5.65 Å². The molecule has 0 bridgehead atoms. The molecule has 0 fully saturated rings. The van der Waals surface area contributed by atoms with Crippen LogP contribution in [-0.4, -0.2) is 14.2 Å². The van der Waals surface area contributed by atoms with Crippen LogP contribution in [0.5, 0.6) is 0 Å². The number of nitrogens with zero attached hydrogens (tertiary/aromatic N) is 4. The molecule has 0 aliphatic rings. The van der Waals surface area contributed by atoms with E-state index >= 15 is 0 Å². The van der Waals surface area contributed by atoms with Gasteiger partial charge in [0.25, 0.3) is 5.01 Å². The van der Waals surface area contributed by atoms with Gasteiger partial charge in [-0.1, -0.05) is 35.6 Å². The Morgan fingerprint density at radius 1 is 1.07 bits per heavy atom. The van der Waals surface area contributed by atoms with E-state index in [1.54, 1.807) is 0 Å². The summed E-state index contributed by atoms with van der Waals surface area (Å²) in [4.78, 5) is 4.88. The average molecular weight is 374 g/mol. The molecule has 0 aliphatic heterocycles. The lowest BCUT2D eigenvalue weighted by Crippen LogP contribution is -2.33. The van der Waals surface area contributed by atoms with Crippen LogP contribution in [0.25, 0.3) is 39.0 Å². The van der Waals surface area contributed by atoms with E-state index in [0.29, 0.717) is 0 Å². The van der Waals surface area contributed by atoms with Crippen molar-refractivity contribution in [3.05, 3.63) is 64.8 Å². The molecule has 0 aliphatic carbocycles. The molecule has 0 spiro atoms. The van der Waals surface area contributed by atoms with E-state index in [1.165, 1.54) is 26.5 Å². The van der Waals surface area contributed by atoms with E-state index in [1.807, 2.05) is 17.4 Å². The summed E-state index contributed by atoms with van der Waals surface area (Å²) in [6.07, 6.45) is 4.45. The third kappa shape index (κ3) is 2.35. The van der Waals surface area contributed by atoms with Gasteiger partial charge in [0.1, 0.15) is 11.2 Å². The van der Waals surface area contributed by atoms with Gasteiger partial charge >= 0.3 is 0 Å². The molecule has 2 aromatic carbocycles. The molecule has 0 saturated carbocycles. The number of hydrogen-bond donors (Lipinski definition) is 0. The molecule has 5 rings (SSSR count). The maximum absolute atomic E-state index is 4.88. The van der Waals surface area contributed by atoms with Crippen molar-refractivity contribution in [3.63, 3.8) is 0 Å². The van der Waals surface area contributed by atoms with E-state index < -0.39 is 0 Å². The van der Waals surface area contributed by atoms with Gasteiger partial charge in [-0.15, -0.1) is 0 Å². The molecule has 0 radical (unpaired) electrons. The Bertz CT molecular complexity index is 1330. The highest BCUT2D eigenvalue weighted by Gasteiger charge is 2.18. The largest absolute Gasteiger partial charge is 0.286 e. The second-order valence-corrected chi connectivity index (χ2v) is 7.81. The summed E-state index contributed by atoms with van der Waals surface area (Å²) in [7, 11) is 2.10. The highest BCUT2D eigenvalue weighted by atomic mass is 32.1. The lowest BCUT2D eigenvalue weighted by molar-refractivity contribution is -0.665. The van der Waals surface area contributed by atoms with Crippen LogP contribution < -0.4 is 4.57 Å². The second-order valence-electron chi connectivity index (χ2n) is 6.74. The highest BCUT2D eigenvalue weighted by molar-refractivity contribution is 7.18. The van der Waals surface area contributed by atoms with Gasteiger partial charge in [-0.2, -0.15) is 4.57 Å². The average Bonchev–Trinajstić information content (AvgIpc) is 3.31. The van der Waals surface area contributed by atoms with Gasteiger partial charge in [0.05, 0.1) is 11.0 Å². The summed E-state index contributed by atoms with van der Waals surface area (Å²) in [6.45, 7) is 5.31. The molecule has 5 aromatic rings. The summed E-state index contributed by atoms with van der Waals surface area (Å²) in [5.41, 5.74) is 6.87. The molecule has 5 heteroatoms. The number of aromatic nitrogens is 4. The lowest BCUT2D eigenvalue weighted by Gasteiger charge is -2.00. The van der Waals surface area contributed by atoms with Crippen LogP contribution in [0.4, 0.5) is 0 Å². The normalized spacial score (nSPS) is 12.3. The zero-order valence-electron chi connectivity index (χ0n) is 15.7. The zero-order chi connectivity index (χ0) is 18.5. The van der Waals surface area contributed by atoms with E-state index in [-0.39, 0.29) is 0 Å². The number of para-hydroxylation sites is 3. The van der Waals surface area contributed by atoms with Crippen molar-refractivity contribution in [1.29, 1.82) is 0 Å². The molecular weight excluding hydrogens is 352 g/mol. The third-order valence-electron chi connectivity index (χ3n) is 5.30. The predicted octanol–water partition coefficient (Wildman–Crippen LogP) is 4.83. The van der Waals surface area contributed by atoms with Crippen LogP contribution in [0.3, 0.4) is 0 Å². The number of aryl methyl sites for hydroxylation is 2. The van der Waals surface area contributed by atoms with E-state index in [2.05, 4.69) is 89.3 Å². The lowest BCUT2D eigenvalue weighted by atomic mass is 10.2. The van der Waals surface area contributed by atoms with Crippen LogP contribution in [-0.2, 0) is 13.6 Å². The van der Waals surface area contributed by atoms with E-state index in [4.69, 9.17) is 4.98 Å². The highest BCUT2D eigenvalue weighted by Crippen LogP contribution is 2.26. The fraction of sp³-hybridized carbons (Fsp3) is 0.182. The Morgan fingerprint density at radius 3 is 2.70 bits per heavy atom. The number of thiazole rings is 1. The maximum Gasteiger partial charge on any atom is 0.262 e. The molecule has 134 valence electrons. The topological polar surface area (TPSA) is 26.1 Å². The fourth-order valence-electron chi connectivity index (χ4n) is 3.83. The van der Waals surface area contributed by atoms with Gasteiger partial charge in [0, 0.05) is 30.4 Å². The standard InChI is InChI=1S/C22H21N4S/c1-4-25-19-11-7-8-12-20(19)27-21(25)14-13-16-15(2)24(3)26-18-10-6-5-9-17(18)23-22(16)26/h5-14H,4H2,1-3H3/q+1. The first kappa shape index (κ1) is 16.3. The molecular formula is C22H21N4S+.